The predicted molar refractivity (Wildman–Crippen MR) is 75.3 cm³/mol. The molecule has 1 unspecified atom stereocenters. The third-order valence-electron chi connectivity index (χ3n) is 3.73. The molecule has 8 nitrogen and oxygen atoms in total. The van der Waals surface area contributed by atoms with Gasteiger partial charge >= 0.3 is 11.7 Å². The van der Waals surface area contributed by atoms with Crippen molar-refractivity contribution in [3.05, 3.63) is 34.9 Å². The molecule has 1 aliphatic rings. The summed E-state index contributed by atoms with van der Waals surface area (Å²) >= 11 is 0. The Kier molecular flexibility index (Phi) is 3.72. The van der Waals surface area contributed by atoms with Crippen molar-refractivity contribution < 1.29 is 9.90 Å². The van der Waals surface area contributed by atoms with Gasteiger partial charge in [-0.3, -0.25) is 14.1 Å². The van der Waals surface area contributed by atoms with E-state index in [1.807, 2.05) is 11.0 Å². The van der Waals surface area contributed by atoms with Gasteiger partial charge in [-0.2, -0.15) is 0 Å². The summed E-state index contributed by atoms with van der Waals surface area (Å²) in [7, 11) is 0. The number of rotatable bonds is 4. The third kappa shape index (κ3) is 2.67. The molecule has 2 aromatic heterocycles. The van der Waals surface area contributed by atoms with Crippen LogP contribution in [-0.4, -0.2) is 62.4 Å². The van der Waals surface area contributed by atoms with Gasteiger partial charge in [-0.05, 0) is 12.1 Å². The first-order valence-corrected chi connectivity index (χ1v) is 6.88. The normalized spacial score (nSPS) is 19.9. The standard InChI is InChI=1S/C13H17N5O3/c19-12(20)10-9-14-4-6-16(10)7-8-18-13(21)17-5-2-1-3-11(17)15-18/h1-3,5,10,14H,4,6-9H2,(H,19,20). The number of aliphatic carboxylic acids is 1. The first-order valence-electron chi connectivity index (χ1n) is 6.88. The van der Waals surface area contributed by atoms with Crippen molar-refractivity contribution in [2.45, 2.75) is 12.6 Å². The summed E-state index contributed by atoms with van der Waals surface area (Å²) in [5.74, 6) is -0.843. The van der Waals surface area contributed by atoms with Gasteiger partial charge in [-0.25, -0.2) is 9.48 Å². The topological polar surface area (TPSA) is 91.9 Å². The Labute approximate surface area is 120 Å². The predicted octanol–water partition coefficient (Wildman–Crippen LogP) is -1.15. The molecule has 0 aliphatic carbocycles. The zero-order valence-corrected chi connectivity index (χ0v) is 11.5. The maximum atomic E-state index is 12.1. The van der Waals surface area contributed by atoms with Crippen LogP contribution < -0.4 is 11.0 Å². The molecule has 2 N–H and O–H groups in total. The molecule has 112 valence electrons. The maximum Gasteiger partial charge on any atom is 0.350 e. The van der Waals surface area contributed by atoms with E-state index >= 15 is 0 Å². The molecule has 21 heavy (non-hydrogen) atoms. The lowest BCUT2D eigenvalue weighted by atomic mass is 10.2. The van der Waals surface area contributed by atoms with Gasteiger partial charge in [-0.1, -0.05) is 6.07 Å². The van der Waals surface area contributed by atoms with Gasteiger partial charge in [0.05, 0.1) is 6.54 Å². The molecule has 1 saturated heterocycles. The summed E-state index contributed by atoms with van der Waals surface area (Å²) < 4.78 is 2.86. The molecule has 3 rings (SSSR count). The minimum Gasteiger partial charge on any atom is -0.480 e. The molecular weight excluding hydrogens is 274 g/mol. The molecule has 0 saturated carbocycles. The number of aromatic nitrogens is 3. The van der Waals surface area contributed by atoms with Crippen molar-refractivity contribution in [2.24, 2.45) is 0 Å². The number of pyridine rings is 1. The fourth-order valence-electron chi connectivity index (χ4n) is 2.59. The van der Waals surface area contributed by atoms with Crippen molar-refractivity contribution in [3.63, 3.8) is 0 Å². The summed E-state index contributed by atoms with van der Waals surface area (Å²) in [6.07, 6.45) is 1.67. The van der Waals surface area contributed by atoms with E-state index in [1.165, 1.54) is 9.08 Å². The van der Waals surface area contributed by atoms with Crippen molar-refractivity contribution in [2.75, 3.05) is 26.2 Å². The Bertz CT molecular complexity index is 707. The highest BCUT2D eigenvalue weighted by Gasteiger charge is 2.28. The van der Waals surface area contributed by atoms with E-state index in [4.69, 9.17) is 0 Å². The lowest BCUT2D eigenvalue weighted by Gasteiger charge is -2.33. The Morgan fingerprint density at radius 2 is 2.29 bits per heavy atom. The molecule has 2 aromatic rings. The van der Waals surface area contributed by atoms with E-state index < -0.39 is 12.0 Å². The largest absolute Gasteiger partial charge is 0.480 e. The van der Waals surface area contributed by atoms with Crippen molar-refractivity contribution in [1.82, 2.24) is 24.4 Å². The van der Waals surface area contributed by atoms with E-state index in [2.05, 4.69) is 10.4 Å². The number of carboxylic acids is 1. The van der Waals surface area contributed by atoms with E-state index in [9.17, 15) is 14.7 Å². The number of nitrogens with one attached hydrogen (secondary N) is 1. The van der Waals surface area contributed by atoms with Crippen LogP contribution in [0.4, 0.5) is 0 Å². The summed E-state index contributed by atoms with van der Waals surface area (Å²) in [4.78, 5) is 25.2. The molecule has 0 aromatic carbocycles. The van der Waals surface area contributed by atoms with Crippen molar-refractivity contribution in [1.29, 1.82) is 0 Å². The number of piperazine rings is 1. The minimum atomic E-state index is -0.843. The van der Waals surface area contributed by atoms with Crippen LogP contribution in [0.5, 0.6) is 0 Å². The van der Waals surface area contributed by atoms with Gasteiger partial charge in [0.25, 0.3) is 0 Å². The van der Waals surface area contributed by atoms with Crippen LogP contribution in [0.25, 0.3) is 5.65 Å². The monoisotopic (exact) mass is 291 g/mol. The van der Waals surface area contributed by atoms with Crippen LogP contribution in [-0.2, 0) is 11.3 Å². The first-order chi connectivity index (χ1) is 10.2. The second kappa shape index (κ2) is 5.66. The molecular formula is C13H17N5O3. The number of hydrogen-bond acceptors (Lipinski definition) is 5. The second-order valence-corrected chi connectivity index (χ2v) is 5.03. The minimum absolute atomic E-state index is 0.201. The van der Waals surface area contributed by atoms with Crippen LogP contribution in [0.2, 0.25) is 0 Å². The van der Waals surface area contributed by atoms with Gasteiger partial charge in [0.15, 0.2) is 5.65 Å². The molecule has 1 aliphatic heterocycles. The van der Waals surface area contributed by atoms with Crippen LogP contribution in [0.1, 0.15) is 0 Å². The second-order valence-electron chi connectivity index (χ2n) is 5.03. The van der Waals surface area contributed by atoms with Gasteiger partial charge in [0.2, 0.25) is 0 Å². The van der Waals surface area contributed by atoms with Gasteiger partial charge in [0.1, 0.15) is 6.04 Å². The molecule has 1 fully saturated rings. The van der Waals surface area contributed by atoms with Crippen LogP contribution in [0.15, 0.2) is 29.2 Å². The molecule has 1 atom stereocenters. The third-order valence-corrected chi connectivity index (χ3v) is 3.73. The molecule has 3 heterocycles. The Morgan fingerprint density at radius 3 is 3.05 bits per heavy atom. The first kappa shape index (κ1) is 13.8. The smallest absolute Gasteiger partial charge is 0.350 e. The molecule has 0 spiro atoms. The fraction of sp³-hybridized carbons (Fsp3) is 0.462. The SMILES string of the molecule is O=C(O)C1CNCCN1CCn1nc2ccccn2c1=O. The lowest BCUT2D eigenvalue weighted by Crippen LogP contribution is -2.55. The summed E-state index contributed by atoms with van der Waals surface area (Å²) in [6.45, 7) is 2.70. The number of carbonyl (C=O) groups is 1. The van der Waals surface area contributed by atoms with Crippen LogP contribution in [0, 0.1) is 0 Å². The average Bonchev–Trinajstić information content (AvgIpc) is 2.82. The van der Waals surface area contributed by atoms with Crippen LogP contribution >= 0.6 is 0 Å². The van der Waals surface area contributed by atoms with Gasteiger partial charge in [0, 0.05) is 32.4 Å². The number of fused-ring (bicyclic) bond motifs is 1. The molecule has 0 radical (unpaired) electrons. The van der Waals surface area contributed by atoms with E-state index in [0.29, 0.717) is 31.8 Å². The zero-order chi connectivity index (χ0) is 14.8. The quantitative estimate of drug-likeness (QED) is 0.739. The van der Waals surface area contributed by atoms with Crippen LogP contribution in [0.3, 0.4) is 0 Å². The molecule has 0 bridgehead atoms. The van der Waals surface area contributed by atoms with Crippen molar-refractivity contribution in [3.8, 4) is 0 Å². The number of hydrogen-bond donors (Lipinski definition) is 2. The highest BCUT2D eigenvalue weighted by atomic mass is 16.4. The highest BCUT2D eigenvalue weighted by Crippen LogP contribution is 2.04. The van der Waals surface area contributed by atoms with E-state index in [-0.39, 0.29) is 5.69 Å². The van der Waals surface area contributed by atoms with E-state index in [1.54, 1.807) is 18.3 Å². The molecule has 8 heteroatoms. The molecule has 0 amide bonds. The Hall–Kier alpha value is -2.19. The maximum absolute atomic E-state index is 12.1. The van der Waals surface area contributed by atoms with E-state index in [0.717, 1.165) is 6.54 Å². The fourth-order valence-corrected chi connectivity index (χ4v) is 2.59. The summed E-state index contributed by atoms with van der Waals surface area (Å²) in [5, 5.41) is 16.5. The summed E-state index contributed by atoms with van der Waals surface area (Å²) in [5.41, 5.74) is 0.394. The zero-order valence-electron chi connectivity index (χ0n) is 11.5. The van der Waals surface area contributed by atoms with Gasteiger partial charge < -0.3 is 10.4 Å². The van der Waals surface area contributed by atoms with Crippen molar-refractivity contribution >= 4 is 11.6 Å². The number of carboxylic acid groups (broad SMARTS) is 1. The van der Waals surface area contributed by atoms with Gasteiger partial charge in [-0.15, -0.1) is 5.10 Å². The lowest BCUT2D eigenvalue weighted by molar-refractivity contribution is -0.144. The Morgan fingerprint density at radius 1 is 1.43 bits per heavy atom. The Balaban J connectivity index is 1.75. The number of nitrogens with zero attached hydrogens (tertiary/aromatic N) is 4. The average molecular weight is 291 g/mol. The summed E-state index contributed by atoms with van der Waals surface area (Å²) in [6, 6.07) is 4.81. The highest BCUT2D eigenvalue weighted by molar-refractivity contribution is 5.73.